The Morgan fingerprint density at radius 3 is 2.27 bits per heavy atom. The molecule has 0 spiro atoms. The largest absolute Gasteiger partial charge is 0.573 e. The van der Waals surface area contributed by atoms with Crippen molar-refractivity contribution in [2.24, 2.45) is 11.8 Å². The topological polar surface area (TPSA) is 56.2 Å². The Morgan fingerprint density at radius 2 is 1.67 bits per heavy atom. The summed E-state index contributed by atoms with van der Waals surface area (Å²) < 4.78 is 43.0. The zero-order valence-corrected chi connectivity index (χ0v) is 16.9. The SMILES string of the molecule is O=C(O)N1CC2CN(Cc3cc(CN4CCCCC4)ccc3OC(F)(F)F)CC2C1. The van der Waals surface area contributed by atoms with E-state index in [0.717, 1.165) is 38.0 Å². The minimum Gasteiger partial charge on any atom is -0.465 e. The monoisotopic (exact) mass is 427 g/mol. The summed E-state index contributed by atoms with van der Waals surface area (Å²) in [4.78, 5) is 17.1. The fourth-order valence-corrected chi connectivity index (χ4v) is 5.07. The van der Waals surface area contributed by atoms with Gasteiger partial charge in [-0.2, -0.15) is 0 Å². The van der Waals surface area contributed by atoms with Crippen LogP contribution in [0.1, 0.15) is 30.4 Å². The number of benzene rings is 1. The van der Waals surface area contributed by atoms with E-state index >= 15 is 0 Å². The van der Waals surface area contributed by atoms with Gasteiger partial charge in [0.1, 0.15) is 5.75 Å². The van der Waals surface area contributed by atoms with Crippen LogP contribution in [0.4, 0.5) is 18.0 Å². The van der Waals surface area contributed by atoms with Crippen molar-refractivity contribution in [1.29, 1.82) is 0 Å². The van der Waals surface area contributed by atoms with E-state index in [1.165, 1.54) is 17.4 Å². The first-order valence-corrected chi connectivity index (χ1v) is 10.6. The first-order valence-electron chi connectivity index (χ1n) is 10.6. The van der Waals surface area contributed by atoms with Crippen molar-refractivity contribution in [2.45, 2.75) is 38.7 Å². The molecule has 3 aliphatic heterocycles. The molecule has 0 bridgehead atoms. The lowest BCUT2D eigenvalue weighted by Crippen LogP contribution is -2.32. The van der Waals surface area contributed by atoms with Crippen molar-refractivity contribution in [3.05, 3.63) is 29.3 Å². The van der Waals surface area contributed by atoms with Crippen LogP contribution in [0.5, 0.6) is 5.75 Å². The normalized spacial score (nSPS) is 25.5. The maximum absolute atomic E-state index is 12.9. The Balaban J connectivity index is 1.45. The molecule has 1 aromatic carbocycles. The Hall–Kier alpha value is -2.00. The number of carboxylic acid groups (broad SMARTS) is 1. The first-order chi connectivity index (χ1) is 14.3. The van der Waals surface area contributed by atoms with E-state index in [0.29, 0.717) is 38.3 Å². The number of likely N-dealkylation sites (tertiary alicyclic amines) is 3. The average Bonchev–Trinajstić information content (AvgIpc) is 3.22. The summed E-state index contributed by atoms with van der Waals surface area (Å²) in [7, 11) is 0. The maximum atomic E-state index is 12.9. The van der Waals surface area contributed by atoms with E-state index in [2.05, 4.69) is 14.5 Å². The molecule has 1 amide bonds. The van der Waals surface area contributed by atoms with E-state index in [9.17, 15) is 18.0 Å². The summed E-state index contributed by atoms with van der Waals surface area (Å²) in [6.45, 7) is 5.52. The van der Waals surface area contributed by atoms with Crippen LogP contribution in [0.3, 0.4) is 0 Å². The summed E-state index contributed by atoms with van der Waals surface area (Å²) in [5, 5.41) is 9.16. The maximum Gasteiger partial charge on any atom is 0.573 e. The number of nitrogens with zero attached hydrogens (tertiary/aromatic N) is 3. The minimum atomic E-state index is -4.73. The average molecular weight is 427 g/mol. The molecular formula is C21H28F3N3O3. The Morgan fingerprint density at radius 1 is 1.00 bits per heavy atom. The second-order valence-corrected chi connectivity index (χ2v) is 8.73. The van der Waals surface area contributed by atoms with Gasteiger partial charge < -0.3 is 14.7 Å². The van der Waals surface area contributed by atoms with E-state index in [-0.39, 0.29) is 17.6 Å². The Kier molecular flexibility index (Phi) is 6.11. The van der Waals surface area contributed by atoms with Gasteiger partial charge in [-0.25, -0.2) is 4.79 Å². The van der Waals surface area contributed by atoms with Crippen molar-refractivity contribution in [2.75, 3.05) is 39.3 Å². The number of amides is 1. The molecule has 6 nitrogen and oxygen atoms in total. The van der Waals surface area contributed by atoms with E-state index in [4.69, 9.17) is 5.11 Å². The molecule has 0 radical (unpaired) electrons. The highest BCUT2D eigenvalue weighted by atomic mass is 19.4. The summed E-state index contributed by atoms with van der Waals surface area (Å²) in [6.07, 6.45) is -2.08. The predicted molar refractivity (Wildman–Crippen MR) is 104 cm³/mol. The van der Waals surface area contributed by atoms with Crippen LogP contribution in [0.2, 0.25) is 0 Å². The van der Waals surface area contributed by atoms with Gasteiger partial charge in [0.25, 0.3) is 0 Å². The van der Waals surface area contributed by atoms with Crippen molar-refractivity contribution < 1.29 is 27.8 Å². The smallest absolute Gasteiger partial charge is 0.465 e. The highest BCUT2D eigenvalue weighted by Crippen LogP contribution is 2.34. The first kappa shape index (κ1) is 21.2. The third kappa shape index (κ3) is 5.18. The van der Waals surface area contributed by atoms with Crippen LogP contribution in [-0.4, -0.2) is 71.5 Å². The van der Waals surface area contributed by atoms with Gasteiger partial charge in [-0.1, -0.05) is 12.5 Å². The van der Waals surface area contributed by atoms with Crippen LogP contribution in [0, 0.1) is 11.8 Å². The quantitative estimate of drug-likeness (QED) is 0.778. The molecule has 4 rings (SSSR count). The van der Waals surface area contributed by atoms with Crippen molar-refractivity contribution in [3.63, 3.8) is 0 Å². The number of rotatable bonds is 5. The van der Waals surface area contributed by atoms with Gasteiger partial charge in [0.2, 0.25) is 0 Å². The number of fused-ring (bicyclic) bond motifs is 1. The van der Waals surface area contributed by atoms with Gasteiger partial charge in [-0.15, -0.1) is 13.2 Å². The lowest BCUT2D eigenvalue weighted by Gasteiger charge is -2.27. The standard InChI is InChI=1S/C21H28F3N3O3/c22-21(23,24)30-19-5-4-15(9-25-6-2-1-3-7-25)8-16(19)10-26-11-17-13-27(20(28)29)14-18(17)12-26/h4-5,8,17-18H,1-3,6-7,9-14H2,(H,28,29). The lowest BCUT2D eigenvalue weighted by atomic mass is 10.0. The molecule has 0 aliphatic carbocycles. The molecule has 3 heterocycles. The fraction of sp³-hybridized carbons (Fsp3) is 0.667. The highest BCUT2D eigenvalue weighted by molar-refractivity contribution is 5.65. The van der Waals surface area contributed by atoms with E-state index in [1.54, 1.807) is 6.07 Å². The van der Waals surface area contributed by atoms with Crippen LogP contribution in [0.15, 0.2) is 18.2 Å². The van der Waals surface area contributed by atoms with Crippen molar-refractivity contribution in [1.82, 2.24) is 14.7 Å². The molecule has 0 saturated carbocycles. The Labute approximate surface area is 174 Å². The molecule has 166 valence electrons. The lowest BCUT2D eigenvalue weighted by molar-refractivity contribution is -0.275. The number of piperidine rings is 1. The van der Waals surface area contributed by atoms with E-state index in [1.807, 2.05) is 6.07 Å². The molecular weight excluding hydrogens is 399 g/mol. The summed E-state index contributed by atoms with van der Waals surface area (Å²) in [6, 6.07) is 5.00. The van der Waals surface area contributed by atoms with Gasteiger partial charge >= 0.3 is 12.5 Å². The Bertz CT molecular complexity index is 754. The van der Waals surface area contributed by atoms with Crippen molar-refractivity contribution >= 4 is 6.09 Å². The fourth-order valence-electron chi connectivity index (χ4n) is 5.07. The number of hydrogen-bond acceptors (Lipinski definition) is 4. The zero-order valence-electron chi connectivity index (χ0n) is 16.9. The second kappa shape index (κ2) is 8.63. The molecule has 2 unspecified atom stereocenters. The summed E-state index contributed by atoms with van der Waals surface area (Å²) in [5.74, 6) is 0.336. The zero-order chi connectivity index (χ0) is 21.3. The van der Waals surface area contributed by atoms with Crippen LogP contribution >= 0.6 is 0 Å². The molecule has 3 fully saturated rings. The number of ether oxygens (including phenoxy) is 1. The second-order valence-electron chi connectivity index (χ2n) is 8.73. The molecule has 1 N–H and O–H groups in total. The van der Waals surface area contributed by atoms with Gasteiger partial charge in [0.15, 0.2) is 0 Å². The molecule has 3 aliphatic rings. The predicted octanol–water partition coefficient (Wildman–Crippen LogP) is 3.61. The molecule has 1 aromatic rings. The number of halogens is 3. The third-order valence-electron chi connectivity index (χ3n) is 6.43. The minimum absolute atomic E-state index is 0.144. The summed E-state index contributed by atoms with van der Waals surface area (Å²) >= 11 is 0. The third-order valence-corrected chi connectivity index (χ3v) is 6.43. The van der Waals surface area contributed by atoms with Crippen LogP contribution in [-0.2, 0) is 13.1 Å². The van der Waals surface area contributed by atoms with Gasteiger partial charge in [-0.05, 0) is 55.5 Å². The molecule has 9 heteroatoms. The summed E-state index contributed by atoms with van der Waals surface area (Å²) in [5.41, 5.74) is 1.54. The molecule has 30 heavy (non-hydrogen) atoms. The number of alkyl halides is 3. The molecule has 2 atom stereocenters. The number of hydrogen-bond donors (Lipinski definition) is 1. The molecule has 0 aromatic heterocycles. The molecule has 3 saturated heterocycles. The van der Waals surface area contributed by atoms with Gasteiger partial charge in [0.05, 0.1) is 0 Å². The van der Waals surface area contributed by atoms with Crippen LogP contribution in [0.25, 0.3) is 0 Å². The van der Waals surface area contributed by atoms with Gasteiger partial charge in [-0.3, -0.25) is 9.80 Å². The van der Waals surface area contributed by atoms with Gasteiger partial charge in [0, 0.05) is 44.8 Å². The highest BCUT2D eigenvalue weighted by Gasteiger charge is 2.42. The van der Waals surface area contributed by atoms with Crippen molar-refractivity contribution in [3.8, 4) is 5.75 Å². The van der Waals surface area contributed by atoms with E-state index < -0.39 is 12.5 Å². The number of carbonyl (C=O) groups is 1. The van der Waals surface area contributed by atoms with Crippen LogP contribution < -0.4 is 4.74 Å².